The number of aliphatic imine (C=N–C) groups is 1. The monoisotopic (exact) mass is 382 g/mol. The fraction of sp³-hybridized carbons (Fsp3) is 0.556. The molecule has 0 bridgehead atoms. The third kappa shape index (κ3) is 5.69. The fourth-order valence-corrected chi connectivity index (χ4v) is 2.72. The van der Waals surface area contributed by atoms with E-state index in [0.29, 0.717) is 49.5 Å². The van der Waals surface area contributed by atoms with Crippen molar-refractivity contribution in [2.24, 2.45) is 10.7 Å². The van der Waals surface area contributed by atoms with Gasteiger partial charge in [0.05, 0.1) is 13.7 Å². The third-order valence-corrected chi connectivity index (χ3v) is 4.15. The second kappa shape index (κ2) is 8.49. The normalized spacial score (nSPS) is 15.8. The summed E-state index contributed by atoms with van der Waals surface area (Å²) in [4.78, 5) is 20.2. The Morgan fingerprint density at radius 1 is 1.23 bits per heavy atom. The molecule has 7 nitrogen and oxygen atoms in total. The summed E-state index contributed by atoms with van der Waals surface area (Å²) in [7, 11) is 1.60. The number of guanidine groups is 1. The van der Waals surface area contributed by atoms with Gasteiger partial charge in [0.25, 0.3) is 0 Å². The molecular weight excluding hydrogens is 356 g/mol. The second-order valence-corrected chi connectivity index (χ2v) is 7.52. The highest BCUT2D eigenvalue weighted by atomic mass is 35.5. The molecule has 1 saturated heterocycles. The van der Waals surface area contributed by atoms with Gasteiger partial charge in [0.1, 0.15) is 11.4 Å². The number of amides is 1. The van der Waals surface area contributed by atoms with Gasteiger partial charge in [0.2, 0.25) is 0 Å². The number of methoxy groups -OCH3 is 1. The molecule has 1 aromatic carbocycles. The van der Waals surface area contributed by atoms with Crippen LogP contribution in [0, 0.1) is 0 Å². The van der Waals surface area contributed by atoms with Gasteiger partial charge in [-0.1, -0.05) is 17.7 Å². The molecule has 0 unspecified atom stereocenters. The van der Waals surface area contributed by atoms with Gasteiger partial charge in [0, 0.05) is 36.8 Å². The van der Waals surface area contributed by atoms with E-state index < -0.39 is 5.60 Å². The highest BCUT2D eigenvalue weighted by Gasteiger charge is 2.26. The molecule has 1 aromatic rings. The number of nitrogens with two attached hydrogens (primary N) is 1. The zero-order chi connectivity index (χ0) is 19.3. The van der Waals surface area contributed by atoms with Gasteiger partial charge >= 0.3 is 6.09 Å². The Hall–Kier alpha value is -2.15. The molecule has 0 spiro atoms. The predicted molar refractivity (Wildman–Crippen MR) is 103 cm³/mol. The molecule has 0 atom stereocenters. The molecule has 0 saturated carbocycles. The van der Waals surface area contributed by atoms with Crippen LogP contribution < -0.4 is 10.5 Å². The molecule has 0 aromatic heterocycles. The van der Waals surface area contributed by atoms with Gasteiger partial charge in [0.15, 0.2) is 5.96 Å². The average Bonchev–Trinajstić information content (AvgIpc) is 2.59. The minimum Gasteiger partial charge on any atom is -0.496 e. The van der Waals surface area contributed by atoms with Crippen molar-refractivity contribution in [2.45, 2.75) is 32.9 Å². The van der Waals surface area contributed by atoms with Gasteiger partial charge < -0.3 is 25.0 Å². The van der Waals surface area contributed by atoms with E-state index in [1.807, 2.05) is 31.7 Å². The zero-order valence-electron chi connectivity index (χ0n) is 15.8. The van der Waals surface area contributed by atoms with Gasteiger partial charge in [-0.3, -0.25) is 0 Å². The first-order valence-corrected chi connectivity index (χ1v) is 8.92. The highest BCUT2D eigenvalue weighted by Crippen LogP contribution is 2.23. The van der Waals surface area contributed by atoms with Crippen molar-refractivity contribution in [3.05, 3.63) is 28.8 Å². The molecular formula is C18H27ClN4O3. The number of nitrogens with zero attached hydrogens (tertiary/aromatic N) is 3. The van der Waals surface area contributed by atoms with Crippen molar-refractivity contribution in [2.75, 3.05) is 33.3 Å². The maximum absolute atomic E-state index is 12.1. The van der Waals surface area contributed by atoms with Crippen molar-refractivity contribution in [1.29, 1.82) is 0 Å². The van der Waals surface area contributed by atoms with Crippen molar-refractivity contribution < 1.29 is 14.3 Å². The second-order valence-electron chi connectivity index (χ2n) is 7.09. The van der Waals surface area contributed by atoms with Gasteiger partial charge in [-0.15, -0.1) is 0 Å². The molecule has 1 fully saturated rings. The van der Waals surface area contributed by atoms with Crippen LogP contribution in [0.25, 0.3) is 0 Å². The summed E-state index contributed by atoms with van der Waals surface area (Å²) in [6.07, 6.45) is -0.293. The Labute approximate surface area is 159 Å². The quantitative estimate of drug-likeness (QED) is 0.642. The Bertz CT molecular complexity index is 665. The summed E-state index contributed by atoms with van der Waals surface area (Å²) in [5.74, 6) is 1.13. The number of ether oxygens (including phenoxy) is 2. The first-order chi connectivity index (χ1) is 12.2. The van der Waals surface area contributed by atoms with Crippen molar-refractivity contribution >= 4 is 23.7 Å². The number of carbonyl (C=O) groups is 1. The lowest BCUT2D eigenvalue weighted by Gasteiger charge is -2.36. The van der Waals surface area contributed by atoms with Crippen LogP contribution in [0.2, 0.25) is 5.02 Å². The van der Waals surface area contributed by atoms with Crippen LogP contribution >= 0.6 is 11.6 Å². The predicted octanol–water partition coefficient (Wildman–Crippen LogP) is 2.72. The van der Waals surface area contributed by atoms with Crippen LogP contribution in [0.15, 0.2) is 23.2 Å². The fourth-order valence-electron chi connectivity index (χ4n) is 2.56. The average molecular weight is 383 g/mol. The SMILES string of the molecule is COc1cc(Cl)ccc1CN=C(N)N1CCN(C(=O)OC(C)(C)C)CC1. The molecule has 1 aliphatic heterocycles. The number of benzene rings is 1. The maximum atomic E-state index is 12.1. The highest BCUT2D eigenvalue weighted by molar-refractivity contribution is 6.30. The van der Waals surface area contributed by atoms with E-state index in [9.17, 15) is 4.79 Å². The van der Waals surface area contributed by atoms with Crippen LogP contribution in [-0.2, 0) is 11.3 Å². The number of halogens is 1. The van der Waals surface area contributed by atoms with E-state index >= 15 is 0 Å². The Morgan fingerprint density at radius 2 is 1.85 bits per heavy atom. The minimum atomic E-state index is -0.494. The molecule has 1 amide bonds. The summed E-state index contributed by atoms with van der Waals surface area (Å²) in [5, 5.41) is 0.612. The Morgan fingerprint density at radius 3 is 2.42 bits per heavy atom. The first-order valence-electron chi connectivity index (χ1n) is 8.55. The lowest BCUT2D eigenvalue weighted by atomic mass is 10.2. The molecule has 0 radical (unpaired) electrons. The van der Waals surface area contributed by atoms with Gasteiger partial charge in [-0.05, 0) is 32.9 Å². The van der Waals surface area contributed by atoms with Crippen molar-refractivity contribution in [3.8, 4) is 5.75 Å². The Kier molecular flexibility index (Phi) is 6.58. The maximum Gasteiger partial charge on any atom is 0.410 e. The van der Waals surface area contributed by atoms with Crippen molar-refractivity contribution in [1.82, 2.24) is 9.80 Å². The lowest BCUT2D eigenvalue weighted by Crippen LogP contribution is -2.53. The zero-order valence-corrected chi connectivity index (χ0v) is 16.5. The van der Waals surface area contributed by atoms with E-state index in [2.05, 4.69) is 4.99 Å². The van der Waals surface area contributed by atoms with Crippen LogP contribution in [0.3, 0.4) is 0 Å². The molecule has 144 valence electrons. The minimum absolute atomic E-state index is 0.293. The smallest absolute Gasteiger partial charge is 0.410 e. The largest absolute Gasteiger partial charge is 0.496 e. The molecule has 1 heterocycles. The molecule has 2 rings (SSSR count). The van der Waals surface area contributed by atoms with E-state index in [0.717, 1.165) is 5.56 Å². The van der Waals surface area contributed by atoms with Gasteiger partial charge in [-0.25, -0.2) is 9.79 Å². The summed E-state index contributed by atoms with van der Waals surface area (Å²) >= 11 is 5.97. The molecule has 2 N–H and O–H groups in total. The number of piperazine rings is 1. The van der Waals surface area contributed by atoms with Crippen LogP contribution in [0.4, 0.5) is 4.79 Å². The number of hydrogen-bond acceptors (Lipinski definition) is 4. The van der Waals surface area contributed by atoms with Gasteiger partial charge in [-0.2, -0.15) is 0 Å². The third-order valence-electron chi connectivity index (χ3n) is 3.92. The molecule has 1 aliphatic rings. The van der Waals surface area contributed by atoms with E-state index in [4.69, 9.17) is 26.8 Å². The summed E-state index contributed by atoms with van der Waals surface area (Å²) in [5.41, 5.74) is 6.53. The molecule has 8 heteroatoms. The summed E-state index contributed by atoms with van der Waals surface area (Å²) in [6.45, 7) is 8.31. The van der Waals surface area contributed by atoms with Crippen LogP contribution in [-0.4, -0.2) is 60.7 Å². The topological polar surface area (TPSA) is 80.4 Å². The first kappa shape index (κ1) is 20.2. The molecule has 0 aliphatic carbocycles. The number of carbonyl (C=O) groups excluding carboxylic acids is 1. The van der Waals surface area contributed by atoms with E-state index in [-0.39, 0.29) is 6.09 Å². The van der Waals surface area contributed by atoms with Crippen LogP contribution in [0.5, 0.6) is 5.75 Å². The molecule has 26 heavy (non-hydrogen) atoms. The number of hydrogen-bond donors (Lipinski definition) is 1. The number of rotatable bonds is 3. The Balaban J connectivity index is 1.91. The van der Waals surface area contributed by atoms with Crippen molar-refractivity contribution in [3.63, 3.8) is 0 Å². The van der Waals surface area contributed by atoms with E-state index in [1.165, 1.54) is 0 Å². The summed E-state index contributed by atoms with van der Waals surface area (Å²) < 4.78 is 10.7. The summed E-state index contributed by atoms with van der Waals surface area (Å²) in [6, 6.07) is 5.42. The lowest BCUT2D eigenvalue weighted by molar-refractivity contribution is 0.0186. The van der Waals surface area contributed by atoms with E-state index in [1.54, 1.807) is 24.1 Å². The van der Waals surface area contributed by atoms with Crippen LogP contribution in [0.1, 0.15) is 26.3 Å². The standard InChI is InChI=1S/C18H27ClN4O3/c1-18(2,3)26-17(24)23-9-7-22(8-10-23)16(20)21-12-13-5-6-14(19)11-15(13)25-4/h5-6,11H,7-10,12H2,1-4H3,(H2,20,21).